The Hall–Kier alpha value is -2.54. The maximum absolute atomic E-state index is 13.2. The second-order valence-corrected chi connectivity index (χ2v) is 10.7. The number of pyridine rings is 1. The Labute approximate surface area is 201 Å². The molecule has 0 saturated heterocycles. The van der Waals surface area contributed by atoms with E-state index in [1.54, 1.807) is 0 Å². The van der Waals surface area contributed by atoms with Gasteiger partial charge in [0.05, 0.1) is 17.6 Å². The maximum Gasteiger partial charge on any atom is 0.252 e. The van der Waals surface area contributed by atoms with Crippen LogP contribution >= 0.6 is 0 Å². The summed E-state index contributed by atoms with van der Waals surface area (Å²) >= 11 is 0. The predicted octanol–water partition coefficient (Wildman–Crippen LogP) is 5.47. The summed E-state index contributed by atoms with van der Waals surface area (Å²) < 4.78 is 2.12. The summed E-state index contributed by atoms with van der Waals surface area (Å²) in [5, 5.41) is 14.3. The van der Waals surface area contributed by atoms with Gasteiger partial charge in [-0.25, -0.2) is 4.68 Å². The molecule has 34 heavy (non-hydrogen) atoms. The Balaban J connectivity index is 1.54. The van der Waals surface area contributed by atoms with E-state index in [0.29, 0.717) is 24.5 Å². The van der Waals surface area contributed by atoms with Gasteiger partial charge in [-0.1, -0.05) is 64.2 Å². The van der Waals surface area contributed by atoms with E-state index < -0.39 is 0 Å². The van der Waals surface area contributed by atoms with Crippen LogP contribution in [0.5, 0.6) is 0 Å². The van der Waals surface area contributed by atoms with Crippen LogP contribution in [0, 0.1) is 12.8 Å². The molecule has 2 heterocycles. The number of hydrogen-bond acceptors (Lipinski definition) is 5. The monoisotopic (exact) mass is 462 g/mol. The van der Waals surface area contributed by atoms with Gasteiger partial charge in [-0.2, -0.15) is 0 Å². The van der Waals surface area contributed by atoms with Gasteiger partial charge in [0.25, 0.3) is 5.56 Å². The quantitative estimate of drug-likeness (QED) is 0.504. The Bertz CT molecular complexity index is 1170. The van der Waals surface area contributed by atoms with Crippen molar-refractivity contribution in [2.24, 2.45) is 5.92 Å². The van der Waals surface area contributed by atoms with Crippen molar-refractivity contribution in [3.8, 4) is 0 Å². The van der Waals surface area contributed by atoms with Crippen LogP contribution in [0.25, 0.3) is 10.9 Å². The normalized spacial score (nSPS) is 19.0. The number of nitrogens with zero attached hydrogens (tertiary/aromatic N) is 5. The Morgan fingerprint density at radius 1 is 1.09 bits per heavy atom. The van der Waals surface area contributed by atoms with Crippen molar-refractivity contribution in [1.82, 2.24) is 30.1 Å². The summed E-state index contributed by atoms with van der Waals surface area (Å²) in [6.07, 6.45) is 10.9. The number of aromatic nitrogens is 5. The van der Waals surface area contributed by atoms with Crippen LogP contribution in [0.1, 0.15) is 101 Å². The van der Waals surface area contributed by atoms with Crippen LogP contribution in [-0.4, -0.2) is 36.1 Å². The van der Waals surface area contributed by atoms with Crippen LogP contribution in [0.3, 0.4) is 0 Å². The van der Waals surface area contributed by atoms with Gasteiger partial charge < -0.3 is 4.98 Å². The number of aryl methyl sites for hydroxylation is 1. The van der Waals surface area contributed by atoms with Gasteiger partial charge in [-0.15, -0.1) is 5.10 Å². The van der Waals surface area contributed by atoms with Gasteiger partial charge in [-0.05, 0) is 66.0 Å². The molecule has 7 nitrogen and oxygen atoms in total. The minimum atomic E-state index is 0.0131. The molecule has 1 N–H and O–H groups in total. The summed E-state index contributed by atoms with van der Waals surface area (Å²) in [6.45, 7) is 7.19. The highest BCUT2D eigenvalue weighted by Crippen LogP contribution is 2.38. The second kappa shape index (κ2) is 9.98. The van der Waals surface area contributed by atoms with Crippen molar-refractivity contribution in [2.45, 2.75) is 103 Å². The minimum absolute atomic E-state index is 0.0131. The second-order valence-electron chi connectivity index (χ2n) is 10.7. The highest BCUT2D eigenvalue weighted by molar-refractivity contribution is 5.81. The first-order valence-electron chi connectivity index (χ1n) is 13.2. The maximum atomic E-state index is 13.2. The van der Waals surface area contributed by atoms with Gasteiger partial charge in [0, 0.05) is 18.2 Å². The average molecular weight is 463 g/mol. The fourth-order valence-corrected chi connectivity index (χ4v) is 6.24. The Morgan fingerprint density at radius 3 is 2.56 bits per heavy atom. The zero-order valence-corrected chi connectivity index (χ0v) is 20.8. The largest absolute Gasteiger partial charge is 0.321 e. The van der Waals surface area contributed by atoms with Gasteiger partial charge in [0.1, 0.15) is 0 Å². The standard InChI is InChI=1S/C27H38N6O/c1-18(2)25(26-29-30-31-33(26)23-14-5-4-6-15-23)32(22-12-7-8-13-22)17-21-16-20-11-9-10-19(3)24(20)28-27(21)34/h9-11,16,18,22-23,25H,4-8,12-15,17H2,1-3H3,(H,28,34)/t25-/m0/s1. The van der Waals surface area contributed by atoms with Crippen molar-refractivity contribution in [3.63, 3.8) is 0 Å². The molecule has 182 valence electrons. The molecule has 0 bridgehead atoms. The van der Waals surface area contributed by atoms with Gasteiger partial charge in [0.2, 0.25) is 0 Å². The molecule has 3 aromatic rings. The Kier molecular flexibility index (Phi) is 6.82. The lowest BCUT2D eigenvalue weighted by Crippen LogP contribution is -2.41. The lowest BCUT2D eigenvalue weighted by Gasteiger charge is -2.38. The molecule has 1 aromatic carbocycles. The zero-order chi connectivity index (χ0) is 23.7. The number of H-pyrrole nitrogens is 1. The third-order valence-corrected chi connectivity index (χ3v) is 8.00. The van der Waals surface area contributed by atoms with Crippen LogP contribution in [0.4, 0.5) is 0 Å². The predicted molar refractivity (Wildman–Crippen MR) is 135 cm³/mol. The summed E-state index contributed by atoms with van der Waals surface area (Å²) in [4.78, 5) is 18.9. The van der Waals surface area contributed by atoms with E-state index in [9.17, 15) is 4.79 Å². The fourth-order valence-electron chi connectivity index (χ4n) is 6.24. The SMILES string of the molecule is Cc1cccc2cc(CN(C3CCCC3)[C@H](c3nnnn3C3CCCCC3)C(C)C)c(=O)[nH]c12. The number of rotatable bonds is 7. The number of nitrogens with one attached hydrogen (secondary N) is 1. The topological polar surface area (TPSA) is 79.7 Å². The first-order chi connectivity index (χ1) is 16.5. The number of tetrazole rings is 1. The van der Waals surface area contributed by atoms with Crippen molar-refractivity contribution in [2.75, 3.05) is 0 Å². The third-order valence-electron chi connectivity index (χ3n) is 8.00. The zero-order valence-electron chi connectivity index (χ0n) is 20.8. The number of hydrogen-bond donors (Lipinski definition) is 1. The molecule has 5 rings (SSSR count). The molecule has 0 radical (unpaired) electrons. The summed E-state index contributed by atoms with van der Waals surface area (Å²) in [7, 11) is 0. The van der Waals surface area contributed by atoms with E-state index in [0.717, 1.165) is 40.7 Å². The van der Waals surface area contributed by atoms with Crippen LogP contribution in [0.2, 0.25) is 0 Å². The van der Waals surface area contributed by atoms with E-state index in [2.05, 4.69) is 62.1 Å². The number of aromatic amines is 1. The lowest BCUT2D eigenvalue weighted by molar-refractivity contribution is 0.0815. The van der Waals surface area contributed by atoms with Crippen molar-refractivity contribution >= 4 is 10.9 Å². The molecule has 2 aliphatic rings. The molecule has 0 spiro atoms. The number of fused-ring (bicyclic) bond motifs is 1. The molecule has 0 amide bonds. The molecule has 0 unspecified atom stereocenters. The molecule has 1 atom stereocenters. The van der Waals surface area contributed by atoms with Gasteiger partial charge >= 0.3 is 0 Å². The van der Waals surface area contributed by atoms with Crippen LogP contribution in [-0.2, 0) is 6.54 Å². The van der Waals surface area contributed by atoms with Crippen molar-refractivity contribution < 1.29 is 0 Å². The summed E-state index contributed by atoms with van der Waals surface area (Å²) in [5.74, 6) is 1.30. The molecule has 0 aliphatic heterocycles. The third kappa shape index (κ3) is 4.54. The highest BCUT2D eigenvalue weighted by Gasteiger charge is 2.36. The smallest absolute Gasteiger partial charge is 0.252 e. The highest BCUT2D eigenvalue weighted by atomic mass is 16.1. The van der Waals surface area contributed by atoms with Crippen LogP contribution in [0.15, 0.2) is 29.1 Å². The van der Waals surface area contributed by atoms with E-state index >= 15 is 0 Å². The first kappa shape index (κ1) is 23.2. The molecule has 2 fully saturated rings. The first-order valence-corrected chi connectivity index (χ1v) is 13.2. The van der Waals surface area contributed by atoms with E-state index in [4.69, 9.17) is 0 Å². The number of para-hydroxylation sites is 1. The minimum Gasteiger partial charge on any atom is -0.321 e. The van der Waals surface area contributed by atoms with Gasteiger partial charge in [-0.3, -0.25) is 9.69 Å². The summed E-state index contributed by atoms with van der Waals surface area (Å²) in [5.41, 5.74) is 2.87. The summed E-state index contributed by atoms with van der Waals surface area (Å²) in [6, 6.07) is 9.18. The van der Waals surface area contributed by atoms with Gasteiger partial charge in [0.15, 0.2) is 5.82 Å². The molecular weight excluding hydrogens is 424 g/mol. The molecular formula is C27H38N6O. The van der Waals surface area contributed by atoms with Crippen molar-refractivity contribution in [1.29, 1.82) is 0 Å². The molecule has 7 heteroatoms. The fraction of sp³-hybridized carbons (Fsp3) is 0.630. The van der Waals surface area contributed by atoms with E-state index in [-0.39, 0.29) is 11.6 Å². The lowest BCUT2D eigenvalue weighted by atomic mass is 9.94. The van der Waals surface area contributed by atoms with E-state index in [1.807, 2.05) is 13.0 Å². The molecule has 2 aliphatic carbocycles. The van der Waals surface area contributed by atoms with Crippen LogP contribution < -0.4 is 5.56 Å². The van der Waals surface area contributed by atoms with E-state index in [1.165, 1.54) is 44.9 Å². The van der Waals surface area contributed by atoms with Crippen molar-refractivity contribution in [3.05, 3.63) is 51.6 Å². The molecule has 2 aromatic heterocycles. The number of benzene rings is 1. The Morgan fingerprint density at radius 2 is 1.82 bits per heavy atom. The average Bonchev–Trinajstić information content (AvgIpc) is 3.53. The molecule has 2 saturated carbocycles.